The number of nitro benzene ring substituents is 1. The van der Waals surface area contributed by atoms with Crippen molar-refractivity contribution in [2.45, 2.75) is 13.8 Å². The number of carbonyl (C=O) groups excluding carboxylic acids is 1. The van der Waals surface area contributed by atoms with E-state index in [0.717, 1.165) is 22.1 Å². The molecule has 3 aromatic carbocycles. The van der Waals surface area contributed by atoms with Crippen LogP contribution >= 0.6 is 0 Å². The number of amides is 1. The van der Waals surface area contributed by atoms with Gasteiger partial charge in [0.15, 0.2) is 0 Å². The van der Waals surface area contributed by atoms with Crippen LogP contribution in [0.3, 0.4) is 0 Å². The molecule has 8 heteroatoms. The molecule has 0 spiro atoms. The number of aryl methyl sites for hydroxylation is 1. The van der Waals surface area contributed by atoms with Crippen LogP contribution in [0.2, 0.25) is 0 Å². The Labute approximate surface area is 194 Å². The van der Waals surface area contributed by atoms with E-state index in [1.54, 1.807) is 31.4 Å². The molecule has 0 saturated heterocycles. The summed E-state index contributed by atoms with van der Waals surface area (Å²) in [4.78, 5) is 23.1. The lowest BCUT2D eigenvalue weighted by molar-refractivity contribution is -0.384. The van der Waals surface area contributed by atoms with Gasteiger partial charge in [-0.2, -0.15) is 0 Å². The highest BCUT2D eigenvalue weighted by Gasteiger charge is 2.19. The van der Waals surface area contributed by atoms with Crippen LogP contribution in [0.4, 0.5) is 15.8 Å². The Morgan fingerprint density at radius 3 is 2.59 bits per heavy atom. The third kappa shape index (κ3) is 4.38. The lowest BCUT2D eigenvalue weighted by Crippen LogP contribution is -2.09. The topological polar surface area (TPSA) is 94.6 Å². The smallest absolute Gasteiger partial charge is 0.271 e. The quantitative estimate of drug-likeness (QED) is 0.201. The molecule has 1 aromatic heterocycles. The normalized spacial score (nSPS) is 11.5. The van der Waals surface area contributed by atoms with Crippen molar-refractivity contribution in [3.05, 3.63) is 94.0 Å². The Bertz CT molecular complexity index is 1440. The number of non-ortho nitro benzene ring substituents is 1. The summed E-state index contributed by atoms with van der Waals surface area (Å²) in [5, 5.41) is 14.4. The molecule has 0 radical (unpaired) electrons. The number of furan rings is 1. The van der Waals surface area contributed by atoms with Crippen molar-refractivity contribution in [3.8, 4) is 16.9 Å². The van der Waals surface area contributed by atoms with E-state index < -0.39 is 10.8 Å². The van der Waals surface area contributed by atoms with Crippen molar-refractivity contribution in [2.24, 2.45) is 0 Å². The number of hydrogen-bond donors (Lipinski definition) is 1. The van der Waals surface area contributed by atoms with Crippen molar-refractivity contribution >= 4 is 33.8 Å². The van der Waals surface area contributed by atoms with Crippen molar-refractivity contribution in [1.29, 1.82) is 0 Å². The third-order valence-corrected chi connectivity index (χ3v) is 5.50. The number of halogens is 1. The van der Waals surface area contributed by atoms with Gasteiger partial charge in [-0.3, -0.25) is 14.9 Å². The minimum atomic E-state index is -0.525. The van der Waals surface area contributed by atoms with Gasteiger partial charge < -0.3 is 14.5 Å². The third-order valence-electron chi connectivity index (χ3n) is 5.50. The number of hydrogen-bond acceptors (Lipinski definition) is 5. The van der Waals surface area contributed by atoms with Crippen LogP contribution in [0.5, 0.6) is 5.75 Å². The molecule has 0 fully saturated rings. The molecule has 1 amide bonds. The number of fused-ring (bicyclic) bond motifs is 1. The molecule has 0 unspecified atom stereocenters. The number of anilines is 1. The van der Waals surface area contributed by atoms with Gasteiger partial charge in [0.05, 0.1) is 18.3 Å². The second kappa shape index (κ2) is 9.19. The molecule has 0 bridgehead atoms. The number of nitro groups is 1. The number of benzene rings is 3. The summed E-state index contributed by atoms with van der Waals surface area (Å²) in [5.41, 5.74) is 4.48. The monoisotopic (exact) mass is 460 g/mol. The summed E-state index contributed by atoms with van der Waals surface area (Å²) in [6.07, 6.45) is 3.02. The van der Waals surface area contributed by atoms with Gasteiger partial charge in [0.25, 0.3) is 5.69 Å². The van der Waals surface area contributed by atoms with Crippen LogP contribution in [0.1, 0.15) is 18.1 Å². The van der Waals surface area contributed by atoms with Crippen LogP contribution in [0, 0.1) is 22.9 Å². The van der Waals surface area contributed by atoms with E-state index in [1.165, 1.54) is 43.5 Å². The fourth-order valence-electron chi connectivity index (χ4n) is 3.87. The average Bonchev–Trinajstić information content (AvgIpc) is 3.24. The molecule has 1 heterocycles. The maximum Gasteiger partial charge on any atom is 0.271 e. The van der Waals surface area contributed by atoms with Gasteiger partial charge in [0, 0.05) is 46.0 Å². The summed E-state index contributed by atoms with van der Waals surface area (Å²) in [5.74, 6) is -0.211. The maximum atomic E-state index is 13.4. The first-order valence-electron chi connectivity index (χ1n) is 10.4. The summed E-state index contributed by atoms with van der Waals surface area (Å²) in [6, 6.07) is 13.7. The van der Waals surface area contributed by atoms with Crippen molar-refractivity contribution in [3.63, 3.8) is 0 Å². The van der Waals surface area contributed by atoms with Crippen LogP contribution in [0.15, 0.2) is 71.4 Å². The Balaban J connectivity index is 1.73. The molecule has 0 aliphatic rings. The average molecular weight is 460 g/mol. The lowest BCUT2D eigenvalue weighted by Gasteiger charge is -2.13. The molecule has 0 aliphatic carbocycles. The van der Waals surface area contributed by atoms with E-state index >= 15 is 0 Å². The Hall–Kier alpha value is -4.46. The number of ether oxygens (including phenoxy) is 1. The summed E-state index contributed by atoms with van der Waals surface area (Å²) in [6.45, 7) is 3.63. The Morgan fingerprint density at radius 1 is 1.18 bits per heavy atom. The predicted octanol–water partition coefficient (Wildman–Crippen LogP) is 6.51. The van der Waals surface area contributed by atoms with Gasteiger partial charge >= 0.3 is 0 Å². The van der Waals surface area contributed by atoms with E-state index in [1.807, 2.05) is 13.0 Å². The molecule has 0 saturated carbocycles. The van der Waals surface area contributed by atoms with E-state index in [2.05, 4.69) is 5.32 Å². The fourth-order valence-corrected chi connectivity index (χ4v) is 3.87. The standard InChI is InChI=1S/C26H21FN2O5/c1-15(11-24(30)28-19-5-4-6-20(12-19)29(31)32)21-13-22-23(17-7-9-18(27)10-8-17)14-34-26(22)16(2)25(21)33-3/h4-14H,1-3H3,(H,28,30)/b15-11+. The minimum absolute atomic E-state index is 0.116. The largest absolute Gasteiger partial charge is 0.496 e. The number of methoxy groups -OCH3 is 1. The second-order valence-corrected chi connectivity index (χ2v) is 7.74. The number of allylic oxidation sites excluding steroid dienone is 1. The molecular formula is C26H21FN2O5. The SMILES string of the molecule is COc1c(/C(C)=C/C(=O)Nc2cccc([N+](=O)[O-])c2)cc2c(-c3ccc(F)cc3)coc2c1C. The number of carbonyl (C=O) groups is 1. The number of nitrogens with one attached hydrogen (secondary N) is 1. The molecule has 172 valence electrons. The van der Waals surface area contributed by atoms with E-state index in [0.29, 0.717) is 28.2 Å². The van der Waals surface area contributed by atoms with Gasteiger partial charge in [-0.15, -0.1) is 0 Å². The minimum Gasteiger partial charge on any atom is -0.496 e. The first kappa shape index (κ1) is 22.7. The first-order chi connectivity index (χ1) is 16.3. The Kier molecular flexibility index (Phi) is 6.14. The second-order valence-electron chi connectivity index (χ2n) is 7.74. The highest BCUT2D eigenvalue weighted by molar-refractivity contribution is 6.06. The predicted molar refractivity (Wildman–Crippen MR) is 128 cm³/mol. The highest BCUT2D eigenvalue weighted by atomic mass is 19.1. The summed E-state index contributed by atoms with van der Waals surface area (Å²) >= 11 is 0. The van der Waals surface area contributed by atoms with Gasteiger partial charge in [-0.05, 0) is 49.2 Å². The zero-order valence-corrected chi connectivity index (χ0v) is 18.7. The Morgan fingerprint density at radius 2 is 1.91 bits per heavy atom. The van der Waals surface area contributed by atoms with Gasteiger partial charge in [-0.25, -0.2) is 4.39 Å². The summed E-state index contributed by atoms with van der Waals surface area (Å²) < 4.78 is 24.8. The molecule has 4 aromatic rings. The van der Waals surface area contributed by atoms with Gasteiger partial charge in [-0.1, -0.05) is 18.2 Å². The van der Waals surface area contributed by atoms with Gasteiger partial charge in [0.1, 0.15) is 17.1 Å². The fraction of sp³-hybridized carbons (Fsp3) is 0.115. The van der Waals surface area contributed by atoms with Crippen LogP contribution < -0.4 is 10.1 Å². The van der Waals surface area contributed by atoms with Crippen molar-refractivity contribution in [1.82, 2.24) is 0 Å². The molecule has 4 rings (SSSR count). The molecule has 0 aliphatic heterocycles. The molecule has 34 heavy (non-hydrogen) atoms. The highest BCUT2D eigenvalue weighted by Crippen LogP contribution is 2.40. The maximum absolute atomic E-state index is 13.4. The lowest BCUT2D eigenvalue weighted by atomic mass is 9.96. The van der Waals surface area contributed by atoms with E-state index in [4.69, 9.17) is 9.15 Å². The number of rotatable bonds is 6. The molecule has 7 nitrogen and oxygen atoms in total. The van der Waals surface area contributed by atoms with Gasteiger partial charge in [0.2, 0.25) is 5.91 Å². The zero-order chi connectivity index (χ0) is 24.4. The molecular weight excluding hydrogens is 439 g/mol. The first-order valence-corrected chi connectivity index (χ1v) is 10.4. The van der Waals surface area contributed by atoms with Crippen LogP contribution in [-0.2, 0) is 4.79 Å². The number of nitrogens with zero attached hydrogens (tertiary/aromatic N) is 1. The zero-order valence-electron chi connectivity index (χ0n) is 18.7. The van der Waals surface area contributed by atoms with Crippen molar-refractivity contribution in [2.75, 3.05) is 12.4 Å². The molecule has 1 N–H and O–H groups in total. The summed E-state index contributed by atoms with van der Waals surface area (Å²) in [7, 11) is 1.54. The molecule has 0 atom stereocenters. The van der Waals surface area contributed by atoms with E-state index in [-0.39, 0.29) is 11.5 Å². The van der Waals surface area contributed by atoms with Crippen LogP contribution in [-0.4, -0.2) is 17.9 Å². The van der Waals surface area contributed by atoms with Crippen molar-refractivity contribution < 1.29 is 23.3 Å². The van der Waals surface area contributed by atoms with Crippen LogP contribution in [0.25, 0.3) is 27.7 Å². The van der Waals surface area contributed by atoms with E-state index in [9.17, 15) is 19.3 Å².